The number of hydrazine groups is 1. The van der Waals surface area contributed by atoms with Gasteiger partial charge in [0.15, 0.2) is 0 Å². The van der Waals surface area contributed by atoms with Crippen LogP contribution in [0.2, 0.25) is 0 Å². The van der Waals surface area contributed by atoms with Crippen molar-refractivity contribution in [1.82, 2.24) is 10.4 Å². The van der Waals surface area contributed by atoms with Crippen molar-refractivity contribution in [1.29, 1.82) is 0 Å². The molecule has 0 atom stereocenters. The normalized spacial score (nSPS) is 13.6. The first-order chi connectivity index (χ1) is 12.3. The highest BCUT2D eigenvalue weighted by Crippen LogP contribution is 2.32. The van der Waals surface area contributed by atoms with Gasteiger partial charge in [0.05, 0.1) is 11.9 Å². The number of aromatic amines is 1. The predicted molar refractivity (Wildman–Crippen MR) is 104 cm³/mol. The van der Waals surface area contributed by atoms with Crippen molar-refractivity contribution < 1.29 is 4.74 Å². The lowest BCUT2D eigenvalue weighted by Gasteiger charge is -2.25. The molecule has 1 aromatic carbocycles. The Hall–Kier alpha value is -3.22. The van der Waals surface area contributed by atoms with E-state index >= 15 is 0 Å². The Morgan fingerprint density at radius 1 is 1.19 bits per heavy atom. The Morgan fingerprint density at radius 2 is 1.88 bits per heavy atom. The molecule has 3 rings (SSSR count). The fourth-order valence-corrected chi connectivity index (χ4v) is 2.82. The van der Waals surface area contributed by atoms with Gasteiger partial charge in [0, 0.05) is 11.8 Å². The molecule has 0 amide bonds. The Morgan fingerprint density at radius 3 is 2.50 bits per heavy atom. The van der Waals surface area contributed by atoms with Crippen LogP contribution in [0.25, 0.3) is 0 Å². The lowest BCUT2D eigenvalue weighted by atomic mass is 10.1. The minimum Gasteiger partial charge on any atom is -0.455 e. The second kappa shape index (κ2) is 6.95. The van der Waals surface area contributed by atoms with Gasteiger partial charge in [-0.05, 0) is 49.1 Å². The number of benzene rings is 1. The molecule has 0 spiro atoms. The zero-order valence-corrected chi connectivity index (χ0v) is 15.3. The number of aromatic nitrogens is 1. The number of hydrogen-bond acceptors (Lipinski definition) is 6. The van der Waals surface area contributed by atoms with Gasteiger partial charge < -0.3 is 15.5 Å². The van der Waals surface area contributed by atoms with E-state index in [0.717, 1.165) is 22.6 Å². The summed E-state index contributed by atoms with van der Waals surface area (Å²) >= 11 is 0. The number of pyridine rings is 1. The SMILES string of the molecule is Cc1cc(N2C=NC=C(N)N2)cc(C)c1Oc1c[nH]c(=O)c(C(C)C)c1. The molecule has 7 nitrogen and oxygen atoms in total. The predicted octanol–water partition coefficient (Wildman–Crippen LogP) is 3.02. The number of anilines is 1. The molecule has 26 heavy (non-hydrogen) atoms. The van der Waals surface area contributed by atoms with Crippen LogP contribution in [0.5, 0.6) is 11.5 Å². The first-order valence-electron chi connectivity index (χ1n) is 8.41. The molecule has 0 radical (unpaired) electrons. The summed E-state index contributed by atoms with van der Waals surface area (Å²) in [5.41, 5.74) is 12.2. The van der Waals surface area contributed by atoms with Gasteiger partial charge in [-0.1, -0.05) is 13.8 Å². The summed E-state index contributed by atoms with van der Waals surface area (Å²) in [6.07, 6.45) is 4.80. The summed E-state index contributed by atoms with van der Waals surface area (Å²) in [4.78, 5) is 18.7. The fourth-order valence-electron chi connectivity index (χ4n) is 2.82. The summed E-state index contributed by atoms with van der Waals surface area (Å²) in [7, 11) is 0. The zero-order valence-electron chi connectivity index (χ0n) is 15.3. The first-order valence-corrected chi connectivity index (χ1v) is 8.41. The molecule has 4 N–H and O–H groups in total. The molecule has 0 saturated heterocycles. The summed E-state index contributed by atoms with van der Waals surface area (Å²) in [5.74, 6) is 1.96. The minimum atomic E-state index is -0.0859. The molecule has 0 bridgehead atoms. The lowest BCUT2D eigenvalue weighted by molar-refractivity contribution is 0.471. The van der Waals surface area contributed by atoms with Gasteiger partial charge in [-0.3, -0.25) is 10.2 Å². The minimum absolute atomic E-state index is 0.0859. The number of rotatable bonds is 4. The Kier molecular flexibility index (Phi) is 4.71. The zero-order chi connectivity index (χ0) is 18.8. The highest BCUT2D eigenvalue weighted by atomic mass is 16.5. The number of H-pyrrole nitrogens is 1. The van der Waals surface area contributed by atoms with E-state index < -0.39 is 0 Å². The van der Waals surface area contributed by atoms with Crippen molar-refractivity contribution >= 4 is 12.0 Å². The number of aliphatic imine (C=N–C) groups is 1. The van der Waals surface area contributed by atoms with Crippen molar-refractivity contribution in [3.05, 3.63) is 63.5 Å². The quantitative estimate of drug-likeness (QED) is 0.785. The molecule has 136 valence electrons. The van der Waals surface area contributed by atoms with E-state index in [4.69, 9.17) is 10.5 Å². The van der Waals surface area contributed by atoms with Gasteiger partial charge in [-0.15, -0.1) is 0 Å². The van der Waals surface area contributed by atoms with Crippen LogP contribution >= 0.6 is 0 Å². The third kappa shape index (κ3) is 3.56. The molecular formula is C19H23N5O2. The summed E-state index contributed by atoms with van der Waals surface area (Å²) in [6, 6.07) is 5.75. The average Bonchev–Trinajstić information content (AvgIpc) is 2.59. The molecule has 0 aliphatic carbocycles. The number of ether oxygens (including phenoxy) is 1. The molecule has 2 aromatic rings. The maximum Gasteiger partial charge on any atom is 0.251 e. The Labute approximate surface area is 152 Å². The van der Waals surface area contributed by atoms with E-state index in [1.807, 2.05) is 39.8 Å². The molecule has 1 aliphatic heterocycles. The highest BCUT2D eigenvalue weighted by Gasteiger charge is 2.14. The molecule has 1 aliphatic rings. The molecule has 1 aromatic heterocycles. The van der Waals surface area contributed by atoms with Gasteiger partial charge in [-0.2, -0.15) is 0 Å². The summed E-state index contributed by atoms with van der Waals surface area (Å²) in [6.45, 7) is 7.91. The highest BCUT2D eigenvalue weighted by molar-refractivity contribution is 5.80. The van der Waals surface area contributed by atoms with Crippen LogP contribution < -0.4 is 26.5 Å². The van der Waals surface area contributed by atoms with E-state index in [-0.39, 0.29) is 11.5 Å². The van der Waals surface area contributed by atoms with E-state index in [2.05, 4.69) is 15.4 Å². The number of aryl methyl sites for hydroxylation is 2. The van der Waals surface area contributed by atoms with E-state index in [1.165, 1.54) is 0 Å². The van der Waals surface area contributed by atoms with Gasteiger partial charge >= 0.3 is 0 Å². The molecule has 7 heteroatoms. The lowest BCUT2D eigenvalue weighted by Crippen LogP contribution is -2.40. The van der Waals surface area contributed by atoms with Crippen molar-refractivity contribution in [2.24, 2.45) is 10.7 Å². The van der Waals surface area contributed by atoms with Crippen LogP contribution in [0.3, 0.4) is 0 Å². The Bertz CT molecular complexity index is 920. The van der Waals surface area contributed by atoms with Crippen LogP contribution in [-0.2, 0) is 0 Å². The van der Waals surface area contributed by atoms with Crippen molar-refractivity contribution in [2.45, 2.75) is 33.6 Å². The monoisotopic (exact) mass is 353 g/mol. The number of nitrogens with zero attached hydrogens (tertiary/aromatic N) is 2. The second-order valence-corrected chi connectivity index (χ2v) is 6.62. The number of nitrogens with two attached hydrogens (primary N) is 1. The third-order valence-corrected chi connectivity index (χ3v) is 4.12. The second-order valence-electron chi connectivity index (χ2n) is 6.62. The largest absolute Gasteiger partial charge is 0.455 e. The molecule has 2 heterocycles. The van der Waals surface area contributed by atoms with Gasteiger partial charge in [0.1, 0.15) is 23.7 Å². The maximum atomic E-state index is 11.9. The smallest absolute Gasteiger partial charge is 0.251 e. The fraction of sp³-hybridized carbons (Fsp3) is 0.263. The van der Waals surface area contributed by atoms with Crippen molar-refractivity contribution in [2.75, 3.05) is 5.01 Å². The van der Waals surface area contributed by atoms with Gasteiger partial charge in [0.25, 0.3) is 5.56 Å². The Balaban J connectivity index is 1.90. The number of nitrogens with one attached hydrogen (secondary N) is 2. The van der Waals surface area contributed by atoms with Crippen molar-refractivity contribution in [3.8, 4) is 11.5 Å². The van der Waals surface area contributed by atoms with Crippen LogP contribution in [0.1, 0.15) is 36.5 Å². The van der Waals surface area contributed by atoms with Gasteiger partial charge in [0.2, 0.25) is 0 Å². The van der Waals surface area contributed by atoms with E-state index in [9.17, 15) is 4.79 Å². The van der Waals surface area contributed by atoms with Crippen LogP contribution in [0.4, 0.5) is 5.69 Å². The van der Waals surface area contributed by atoms with E-state index in [0.29, 0.717) is 17.1 Å². The van der Waals surface area contributed by atoms with Gasteiger partial charge in [-0.25, -0.2) is 10.0 Å². The summed E-state index contributed by atoms with van der Waals surface area (Å²) < 4.78 is 6.07. The maximum absolute atomic E-state index is 11.9. The molecule has 0 unspecified atom stereocenters. The van der Waals surface area contributed by atoms with Crippen LogP contribution in [-0.4, -0.2) is 11.3 Å². The topological polar surface area (TPSA) is 95.7 Å². The van der Waals surface area contributed by atoms with E-state index in [1.54, 1.807) is 29.8 Å². The van der Waals surface area contributed by atoms with Crippen molar-refractivity contribution in [3.63, 3.8) is 0 Å². The molecule has 0 fully saturated rings. The first kappa shape index (κ1) is 17.6. The van der Waals surface area contributed by atoms with Crippen LogP contribution in [0, 0.1) is 13.8 Å². The standard InChI is InChI=1S/C19H23N5O2/c1-11(2)16-7-15(8-22-19(16)25)26-18-12(3)5-14(6-13(18)4)24-10-21-9-17(20)23-24/h5-11,23H,20H2,1-4H3,(H,22,25). The number of hydrogen-bond donors (Lipinski definition) is 3. The van der Waals surface area contributed by atoms with Crippen LogP contribution in [0.15, 0.2) is 46.2 Å². The third-order valence-electron chi connectivity index (χ3n) is 4.12. The summed E-state index contributed by atoms with van der Waals surface area (Å²) in [5, 5.41) is 1.75. The molecular weight excluding hydrogens is 330 g/mol. The average molecular weight is 353 g/mol. The molecule has 0 saturated carbocycles.